The minimum absolute atomic E-state index is 0.0503. The molecule has 0 aliphatic heterocycles. The maximum absolute atomic E-state index is 8.22. The van der Waals surface area contributed by atoms with Gasteiger partial charge in [0.2, 0.25) is 0 Å². The number of hydrogen-bond donors (Lipinski definition) is 1. The van der Waals surface area contributed by atoms with Gasteiger partial charge in [0.25, 0.3) is 0 Å². The van der Waals surface area contributed by atoms with Gasteiger partial charge in [-0.2, -0.15) is 0 Å². The molecule has 9 heavy (non-hydrogen) atoms. The van der Waals surface area contributed by atoms with Crippen LogP contribution in [0.15, 0.2) is 5.11 Å². The third-order valence-corrected chi connectivity index (χ3v) is 0.665. The third-order valence-electron chi connectivity index (χ3n) is 0.665. The molecule has 0 aliphatic rings. The minimum atomic E-state index is -0.484. The monoisotopic (exact) mass is 131 g/mol. The van der Waals surface area contributed by atoms with E-state index in [4.69, 9.17) is 15.4 Å². The number of ether oxygens (including phenoxy) is 1. The second kappa shape index (κ2) is 5.37. The maximum Gasteiger partial charge on any atom is 0.133 e. The van der Waals surface area contributed by atoms with Crippen molar-refractivity contribution in [1.29, 1.82) is 0 Å². The lowest BCUT2D eigenvalue weighted by atomic mass is 10.7. The van der Waals surface area contributed by atoms with Gasteiger partial charge in [-0.25, -0.2) is 0 Å². The van der Waals surface area contributed by atoms with Crippen molar-refractivity contribution in [3.8, 4) is 0 Å². The molecule has 0 aromatic heterocycles. The highest BCUT2D eigenvalue weighted by Crippen LogP contribution is 1.90. The molecule has 5 nitrogen and oxygen atoms in total. The first-order valence-corrected chi connectivity index (χ1v) is 2.58. The van der Waals surface area contributed by atoms with E-state index in [1.165, 1.54) is 0 Å². The molecule has 0 amide bonds. The van der Waals surface area contributed by atoms with Gasteiger partial charge in [0.05, 0.1) is 13.2 Å². The largest absolute Gasteiger partial charge is 0.394 e. The number of azide groups is 1. The Kier molecular flexibility index (Phi) is 4.91. The molecule has 0 heterocycles. The van der Waals surface area contributed by atoms with Gasteiger partial charge >= 0.3 is 0 Å². The van der Waals surface area contributed by atoms with Gasteiger partial charge in [-0.15, -0.1) is 0 Å². The van der Waals surface area contributed by atoms with Crippen molar-refractivity contribution >= 4 is 0 Å². The van der Waals surface area contributed by atoms with Crippen LogP contribution in [0.1, 0.15) is 6.92 Å². The van der Waals surface area contributed by atoms with Crippen LogP contribution in [0.5, 0.6) is 0 Å². The van der Waals surface area contributed by atoms with Crippen molar-refractivity contribution in [2.24, 2.45) is 5.11 Å². The van der Waals surface area contributed by atoms with E-state index in [-0.39, 0.29) is 13.2 Å². The molecule has 1 atom stereocenters. The van der Waals surface area contributed by atoms with Crippen LogP contribution >= 0.6 is 0 Å². The predicted molar refractivity (Wildman–Crippen MR) is 31.6 cm³/mol. The molecule has 0 aromatic rings. The second-order valence-electron chi connectivity index (χ2n) is 1.40. The Hall–Kier alpha value is -0.770. The molecule has 5 heteroatoms. The Labute approximate surface area is 52.9 Å². The Bertz CT molecular complexity index is 110. The van der Waals surface area contributed by atoms with E-state index < -0.39 is 6.23 Å². The summed E-state index contributed by atoms with van der Waals surface area (Å²) in [4.78, 5) is 2.51. The van der Waals surface area contributed by atoms with Crippen molar-refractivity contribution < 1.29 is 9.84 Å². The SMILES string of the molecule is CC(N=[N+]=[N-])OCCO. The maximum atomic E-state index is 8.22. The molecule has 0 aromatic carbocycles. The van der Waals surface area contributed by atoms with Gasteiger partial charge in [0, 0.05) is 4.91 Å². The second-order valence-corrected chi connectivity index (χ2v) is 1.40. The van der Waals surface area contributed by atoms with Gasteiger partial charge in [-0.05, 0) is 12.5 Å². The summed E-state index contributed by atoms with van der Waals surface area (Å²) in [6.45, 7) is 1.76. The minimum Gasteiger partial charge on any atom is -0.394 e. The molecule has 1 N–H and O–H groups in total. The van der Waals surface area contributed by atoms with E-state index in [0.717, 1.165) is 0 Å². The Morgan fingerprint density at radius 2 is 2.56 bits per heavy atom. The molecular formula is C4H9N3O2. The molecule has 0 saturated carbocycles. The molecule has 0 bridgehead atoms. The lowest BCUT2D eigenvalue weighted by Gasteiger charge is -2.02. The van der Waals surface area contributed by atoms with Crippen molar-refractivity contribution in [2.75, 3.05) is 13.2 Å². The smallest absolute Gasteiger partial charge is 0.133 e. The summed E-state index contributed by atoms with van der Waals surface area (Å²) in [6.07, 6.45) is -0.484. The van der Waals surface area contributed by atoms with E-state index in [2.05, 4.69) is 10.0 Å². The molecule has 52 valence electrons. The van der Waals surface area contributed by atoms with Crippen molar-refractivity contribution in [3.63, 3.8) is 0 Å². The lowest BCUT2D eigenvalue weighted by molar-refractivity contribution is 0.0431. The van der Waals surface area contributed by atoms with Crippen molar-refractivity contribution in [3.05, 3.63) is 10.4 Å². The summed E-state index contributed by atoms with van der Waals surface area (Å²) < 4.78 is 4.76. The lowest BCUT2D eigenvalue weighted by Crippen LogP contribution is -2.07. The summed E-state index contributed by atoms with van der Waals surface area (Å²) in [5.74, 6) is 0. The van der Waals surface area contributed by atoms with Gasteiger partial charge in [0.15, 0.2) is 0 Å². The van der Waals surface area contributed by atoms with E-state index >= 15 is 0 Å². The van der Waals surface area contributed by atoms with Gasteiger partial charge in [-0.1, -0.05) is 5.11 Å². The average molecular weight is 131 g/mol. The first-order valence-electron chi connectivity index (χ1n) is 2.58. The number of nitrogens with zero attached hydrogens (tertiary/aromatic N) is 3. The van der Waals surface area contributed by atoms with Crippen LogP contribution in [-0.2, 0) is 4.74 Å². The number of hydrogen-bond acceptors (Lipinski definition) is 3. The number of aliphatic hydroxyl groups excluding tert-OH is 1. The van der Waals surface area contributed by atoms with Crippen LogP contribution in [0.3, 0.4) is 0 Å². The molecular weight excluding hydrogens is 122 g/mol. The van der Waals surface area contributed by atoms with Crippen LogP contribution in [-0.4, -0.2) is 24.5 Å². The predicted octanol–water partition coefficient (Wildman–Crippen LogP) is 0.652. The topological polar surface area (TPSA) is 78.2 Å². The first kappa shape index (κ1) is 8.23. The molecule has 0 rings (SSSR count). The highest BCUT2D eigenvalue weighted by atomic mass is 16.5. The summed E-state index contributed by atoms with van der Waals surface area (Å²) >= 11 is 0. The fraction of sp³-hybridized carbons (Fsp3) is 1.00. The summed E-state index contributed by atoms with van der Waals surface area (Å²) in [7, 11) is 0. The van der Waals surface area contributed by atoms with E-state index in [9.17, 15) is 0 Å². The van der Waals surface area contributed by atoms with E-state index in [0.29, 0.717) is 0 Å². The van der Waals surface area contributed by atoms with E-state index in [1.807, 2.05) is 0 Å². The van der Waals surface area contributed by atoms with Crippen LogP contribution in [0.25, 0.3) is 10.4 Å². The van der Waals surface area contributed by atoms with Crippen molar-refractivity contribution in [2.45, 2.75) is 13.2 Å². The zero-order valence-electron chi connectivity index (χ0n) is 5.19. The number of aliphatic hydroxyl groups is 1. The third kappa shape index (κ3) is 5.10. The zero-order valence-corrected chi connectivity index (χ0v) is 5.19. The fourth-order valence-corrected chi connectivity index (χ4v) is 0.329. The average Bonchev–Trinajstić information content (AvgIpc) is 1.85. The molecule has 0 spiro atoms. The summed E-state index contributed by atoms with van der Waals surface area (Å²) in [5.41, 5.74) is 7.85. The fourth-order valence-electron chi connectivity index (χ4n) is 0.329. The van der Waals surface area contributed by atoms with Gasteiger partial charge in [-0.3, -0.25) is 0 Å². The first-order chi connectivity index (χ1) is 4.31. The standard InChI is InChI=1S/C4H9N3O2/c1-4(6-7-5)9-3-2-8/h4,8H,2-3H2,1H3. The Morgan fingerprint density at radius 1 is 1.89 bits per heavy atom. The quantitative estimate of drug-likeness (QED) is 0.345. The molecule has 1 unspecified atom stereocenters. The highest BCUT2D eigenvalue weighted by Gasteiger charge is 1.93. The van der Waals surface area contributed by atoms with E-state index in [1.54, 1.807) is 6.92 Å². The normalized spacial score (nSPS) is 12.2. The van der Waals surface area contributed by atoms with Crippen LogP contribution in [0.2, 0.25) is 0 Å². The van der Waals surface area contributed by atoms with Crippen LogP contribution in [0, 0.1) is 0 Å². The number of rotatable bonds is 4. The van der Waals surface area contributed by atoms with Gasteiger partial charge < -0.3 is 9.84 Å². The molecule has 0 radical (unpaired) electrons. The highest BCUT2D eigenvalue weighted by molar-refractivity contribution is 4.46. The van der Waals surface area contributed by atoms with Crippen molar-refractivity contribution in [1.82, 2.24) is 0 Å². The molecule has 0 aliphatic carbocycles. The van der Waals surface area contributed by atoms with Crippen LogP contribution in [0.4, 0.5) is 0 Å². The molecule has 0 saturated heterocycles. The zero-order chi connectivity index (χ0) is 7.11. The summed E-state index contributed by atoms with van der Waals surface area (Å²) in [6, 6.07) is 0. The Balaban J connectivity index is 3.26. The van der Waals surface area contributed by atoms with Gasteiger partial charge in [0.1, 0.15) is 6.23 Å². The Morgan fingerprint density at radius 3 is 3.00 bits per heavy atom. The summed E-state index contributed by atoms with van der Waals surface area (Å²) in [5, 5.41) is 11.4. The molecule has 0 fully saturated rings. The van der Waals surface area contributed by atoms with Crippen LogP contribution < -0.4 is 0 Å².